The van der Waals surface area contributed by atoms with E-state index in [1.807, 2.05) is 12.1 Å². The van der Waals surface area contributed by atoms with E-state index in [2.05, 4.69) is 5.32 Å². The van der Waals surface area contributed by atoms with Crippen LogP contribution in [0.25, 0.3) is 0 Å². The average molecular weight is 319 g/mol. The van der Waals surface area contributed by atoms with Crippen molar-refractivity contribution >= 4 is 17.7 Å². The minimum Gasteiger partial charge on any atom is -0.480 e. The third-order valence-electron chi connectivity index (χ3n) is 3.97. The van der Waals surface area contributed by atoms with Gasteiger partial charge in [-0.1, -0.05) is 12.1 Å². The maximum absolute atomic E-state index is 12.2. The van der Waals surface area contributed by atoms with Gasteiger partial charge in [-0.05, 0) is 36.5 Å². The lowest BCUT2D eigenvalue weighted by molar-refractivity contribution is -0.143. The number of carbonyl (C=O) groups is 3. The molecule has 0 aliphatic heterocycles. The molecule has 0 heterocycles. The fourth-order valence-corrected chi connectivity index (χ4v) is 2.72. The van der Waals surface area contributed by atoms with Gasteiger partial charge in [0.05, 0.1) is 6.61 Å². The quantitative estimate of drug-likeness (QED) is 0.706. The van der Waals surface area contributed by atoms with Gasteiger partial charge in [-0.3, -0.25) is 9.59 Å². The third-order valence-corrected chi connectivity index (χ3v) is 3.97. The van der Waals surface area contributed by atoms with Gasteiger partial charge in [-0.2, -0.15) is 0 Å². The number of aliphatic carboxylic acids is 1. The second-order valence-electron chi connectivity index (χ2n) is 5.67. The van der Waals surface area contributed by atoms with Crippen LogP contribution in [-0.4, -0.2) is 42.5 Å². The molecule has 0 saturated carbocycles. The number of amides is 1. The zero-order chi connectivity index (χ0) is 16.8. The number of carbonyl (C=O) groups excluding carboxylic acids is 2. The lowest BCUT2D eigenvalue weighted by Gasteiger charge is -2.13. The number of ether oxygens (including phenoxy) is 1. The molecule has 1 amide bonds. The van der Waals surface area contributed by atoms with Crippen LogP contribution in [0.1, 0.15) is 40.7 Å². The first-order valence-corrected chi connectivity index (χ1v) is 7.67. The molecular formula is C17H21NO5. The van der Waals surface area contributed by atoms with Crippen molar-refractivity contribution in [1.29, 1.82) is 0 Å². The number of aryl methyl sites for hydroxylation is 2. The summed E-state index contributed by atoms with van der Waals surface area (Å²) in [5.41, 5.74) is 3.12. The van der Waals surface area contributed by atoms with Crippen LogP contribution in [0.3, 0.4) is 0 Å². The van der Waals surface area contributed by atoms with E-state index in [9.17, 15) is 14.4 Å². The molecule has 0 saturated heterocycles. The van der Waals surface area contributed by atoms with E-state index >= 15 is 0 Å². The highest BCUT2D eigenvalue weighted by atomic mass is 16.5. The van der Waals surface area contributed by atoms with E-state index in [4.69, 9.17) is 9.84 Å². The monoisotopic (exact) mass is 319 g/mol. The summed E-state index contributed by atoms with van der Waals surface area (Å²) >= 11 is 0. The molecule has 0 aromatic heterocycles. The van der Waals surface area contributed by atoms with Crippen molar-refractivity contribution in [3.63, 3.8) is 0 Å². The molecule has 6 nitrogen and oxygen atoms in total. The molecule has 6 heteroatoms. The summed E-state index contributed by atoms with van der Waals surface area (Å²) < 4.78 is 4.74. The maximum atomic E-state index is 12.2. The minimum absolute atomic E-state index is 0.0383. The average Bonchev–Trinajstić information content (AvgIpc) is 2.99. The van der Waals surface area contributed by atoms with Gasteiger partial charge in [-0.15, -0.1) is 0 Å². The molecule has 1 unspecified atom stereocenters. The molecule has 0 fully saturated rings. The van der Waals surface area contributed by atoms with Crippen LogP contribution in [0.4, 0.5) is 0 Å². The van der Waals surface area contributed by atoms with Crippen molar-refractivity contribution in [3.8, 4) is 0 Å². The molecule has 1 aromatic rings. The standard InChI is InChI=1S/C17H21NO5/c1-23-10-14(17(21)22)18-16(20)8-7-15(19)13-6-5-11-3-2-4-12(11)9-13/h5-6,9,14H,2-4,7-8,10H2,1H3,(H,18,20)(H,21,22). The Morgan fingerprint density at radius 3 is 2.65 bits per heavy atom. The zero-order valence-corrected chi connectivity index (χ0v) is 13.1. The number of Topliss-reactive ketones (excluding diaryl/α,β-unsaturated/α-hetero) is 1. The molecule has 2 N–H and O–H groups in total. The largest absolute Gasteiger partial charge is 0.480 e. The van der Waals surface area contributed by atoms with Crippen molar-refractivity contribution in [3.05, 3.63) is 34.9 Å². The van der Waals surface area contributed by atoms with Gasteiger partial charge < -0.3 is 15.2 Å². The highest BCUT2D eigenvalue weighted by Gasteiger charge is 2.20. The molecular weight excluding hydrogens is 298 g/mol. The van der Waals surface area contributed by atoms with E-state index in [1.165, 1.54) is 18.2 Å². The van der Waals surface area contributed by atoms with Gasteiger partial charge in [0, 0.05) is 25.5 Å². The molecule has 1 aliphatic rings. The number of hydrogen-bond acceptors (Lipinski definition) is 4. The number of rotatable bonds is 8. The number of benzene rings is 1. The van der Waals surface area contributed by atoms with E-state index in [0.717, 1.165) is 19.3 Å². The molecule has 1 aliphatic carbocycles. The smallest absolute Gasteiger partial charge is 0.328 e. The Hall–Kier alpha value is -2.21. The predicted octanol–water partition coefficient (Wildman–Crippen LogP) is 1.35. The van der Waals surface area contributed by atoms with Crippen molar-refractivity contribution < 1.29 is 24.2 Å². The molecule has 1 atom stereocenters. The first-order valence-electron chi connectivity index (χ1n) is 7.67. The summed E-state index contributed by atoms with van der Waals surface area (Å²) in [6.07, 6.45) is 3.19. The Labute approximate surface area is 134 Å². The van der Waals surface area contributed by atoms with E-state index in [-0.39, 0.29) is 25.2 Å². The molecule has 23 heavy (non-hydrogen) atoms. The Kier molecular flexibility index (Phi) is 5.87. The molecule has 2 rings (SSSR count). The van der Waals surface area contributed by atoms with Gasteiger partial charge >= 0.3 is 5.97 Å². The van der Waals surface area contributed by atoms with Crippen LogP contribution in [0.5, 0.6) is 0 Å². The second kappa shape index (κ2) is 7.87. The van der Waals surface area contributed by atoms with Gasteiger partial charge in [0.1, 0.15) is 0 Å². The first-order chi connectivity index (χ1) is 11.0. The molecule has 0 bridgehead atoms. The van der Waals surface area contributed by atoms with Gasteiger partial charge in [0.2, 0.25) is 5.91 Å². The Morgan fingerprint density at radius 2 is 1.96 bits per heavy atom. The highest BCUT2D eigenvalue weighted by molar-refractivity contribution is 5.98. The Bertz CT molecular complexity index is 611. The summed E-state index contributed by atoms with van der Waals surface area (Å²) in [6, 6.07) is 4.60. The molecule has 124 valence electrons. The van der Waals surface area contributed by atoms with Gasteiger partial charge in [0.25, 0.3) is 0 Å². The second-order valence-corrected chi connectivity index (χ2v) is 5.67. The van der Waals surface area contributed by atoms with Crippen molar-refractivity contribution in [2.24, 2.45) is 0 Å². The van der Waals surface area contributed by atoms with Gasteiger partial charge in [-0.25, -0.2) is 4.79 Å². The number of nitrogens with one attached hydrogen (secondary N) is 1. The minimum atomic E-state index is -1.16. The lowest BCUT2D eigenvalue weighted by atomic mass is 10.0. The van der Waals surface area contributed by atoms with Gasteiger partial charge in [0.15, 0.2) is 11.8 Å². The van der Waals surface area contributed by atoms with Crippen molar-refractivity contribution in [1.82, 2.24) is 5.32 Å². The summed E-state index contributed by atoms with van der Waals surface area (Å²) in [5.74, 6) is -1.73. The highest BCUT2D eigenvalue weighted by Crippen LogP contribution is 2.23. The molecule has 1 aromatic carbocycles. The summed E-state index contributed by atoms with van der Waals surface area (Å²) in [6.45, 7) is -0.111. The van der Waals surface area contributed by atoms with E-state index in [1.54, 1.807) is 6.07 Å². The van der Waals surface area contributed by atoms with Crippen LogP contribution in [-0.2, 0) is 27.2 Å². The number of methoxy groups -OCH3 is 1. The zero-order valence-electron chi connectivity index (χ0n) is 13.1. The number of carboxylic acids is 1. The molecule has 0 spiro atoms. The summed E-state index contributed by atoms with van der Waals surface area (Å²) in [7, 11) is 1.36. The van der Waals surface area contributed by atoms with E-state index < -0.39 is 17.9 Å². The van der Waals surface area contributed by atoms with Crippen molar-refractivity contribution in [2.75, 3.05) is 13.7 Å². The van der Waals surface area contributed by atoms with Crippen molar-refractivity contribution in [2.45, 2.75) is 38.1 Å². The van der Waals surface area contributed by atoms with Crippen LogP contribution in [0.2, 0.25) is 0 Å². The van der Waals surface area contributed by atoms with E-state index in [0.29, 0.717) is 5.56 Å². The fourth-order valence-electron chi connectivity index (χ4n) is 2.72. The Balaban J connectivity index is 1.86. The number of carboxylic acid groups (broad SMARTS) is 1. The predicted molar refractivity (Wildman–Crippen MR) is 83.5 cm³/mol. The third kappa shape index (κ3) is 4.63. The van der Waals surface area contributed by atoms with Crippen LogP contribution >= 0.6 is 0 Å². The normalized spacial score (nSPS) is 14.1. The molecule has 0 radical (unpaired) electrons. The van der Waals surface area contributed by atoms with Crippen LogP contribution < -0.4 is 5.32 Å². The van der Waals surface area contributed by atoms with Crippen LogP contribution in [0.15, 0.2) is 18.2 Å². The number of ketones is 1. The topological polar surface area (TPSA) is 92.7 Å². The number of fused-ring (bicyclic) bond motifs is 1. The first kappa shape index (κ1) is 17.1. The lowest BCUT2D eigenvalue weighted by Crippen LogP contribution is -2.43. The SMILES string of the molecule is COCC(NC(=O)CCC(=O)c1ccc2c(c1)CCC2)C(=O)O. The fraction of sp³-hybridized carbons (Fsp3) is 0.471. The Morgan fingerprint density at radius 1 is 1.22 bits per heavy atom. The van der Waals surface area contributed by atoms with Crippen LogP contribution in [0, 0.1) is 0 Å². The maximum Gasteiger partial charge on any atom is 0.328 e. The summed E-state index contributed by atoms with van der Waals surface area (Å²) in [5, 5.41) is 11.3. The summed E-state index contributed by atoms with van der Waals surface area (Å²) in [4.78, 5) is 34.9. The number of hydrogen-bond donors (Lipinski definition) is 2.